The van der Waals surface area contributed by atoms with Gasteiger partial charge in [-0.15, -0.1) is 11.6 Å². The fourth-order valence-electron chi connectivity index (χ4n) is 2.03. The summed E-state index contributed by atoms with van der Waals surface area (Å²) in [7, 11) is 0. The van der Waals surface area contributed by atoms with E-state index in [-0.39, 0.29) is 5.38 Å². The maximum Gasteiger partial charge on any atom is 0.0483 e. The number of halogens is 1. The number of hydrogen-bond acceptors (Lipinski definition) is 1. The lowest BCUT2D eigenvalue weighted by Gasteiger charge is -2.14. The average Bonchev–Trinajstić information content (AvgIpc) is 2.38. The van der Waals surface area contributed by atoms with Crippen molar-refractivity contribution in [3.8, 4) is 0 Å². The van der Waals surface area contributed by atoms with Crippen molar-refractivity contribution in [1.82, 2.24) is 5.32 Å². The molecule has 0 aliphatic heterocycles. The summed E-state index contributed by atoms with van der Waals surface area (Å²) < 4.78 is 0. The van der Waals surface area contributed by atoms with Crippen molar-refractivity contribution in [3.63, 3.8) is 0 Å². The summed E-state index contributed by atoms with van der Waals surface area (Å²) in [5.74, 6) is 0.506. The summed E-state index contributed by atoms with van der Waals surface area (Å²) in [6.07, 6.45) is 0. The van der Waals surface area contributed by atoms with Gasteiger partial charge in [0.15, 0.2) is 0 Å². The van der Waals surface area contributed by atoms with Gasteiger partial charge < -0.3 is 5.32 Å². The smallest absolute Gasteiger partial charge is 0.0483 e. The zero-order chi connectivity index (χ0) is 13.0. The minimum Gasteiger partial charge on any atom is -0.311 e. The van der Waals surface area contributed by atoms with Crippen LogP contribution in [0.2, 0.25) is 0 Å². The van der Waals surface area contributed by atoms with Gasteiger partial charge in [0.2, 0.25) is 0 Å². The lowest BCUT2D eigenvalue weighted by atomic mass is 10.0. The highest BCUT2D eigenvalue weighted by Crippen LogP contribution is 2.18. The molecule has 0 aliphatic rings. The summed E-state index contributed by atoms with van der Waals surface area (Å²) in [5.41, 5.74) is 1.33. The van der Waals surface area contributed by atoms with Crippen molar-refractivity contribution < 1.29 is 0 Å². The monoisotopic (exact) mass is 261 g/mol. The summed E-state index contributed by atoms with van der Waals surface area (Å²) in [6, 6.07) is 14.9. The number of alkyl halides is 1. The Morgan fingerprint density at radius 1 is 1.06 bits per heavy atom. The lowest BCUT2D eigenvalue weighted by molar-refractivity contribution is 0.546. The number of benzene rings is 2. The Kier molecular flexibility index (Phi) is 4.62. The lowest BCUT2D eigenvalue weighted by Crippen LogP contribution is -2.26. The summed E-state index contributed by atoms with van der Waals surface area (Å²) in [5, 5.41) is 6.25. The van der Waals surface area contributed by atoms with E-state index in [2.05, 4.69) is 61.6 Å². The molecule has 18 heavy (non-hydrogen) atoms. The van der Waals surface area contributed by atoms with Gasteiger partial charge in [-0.2, -0.15) is 0 Å². The van der Waals surface area contributed by atoms with Crippen molar-refractivity contribution in [2.24, 2.45) is 5.92 Å². The van der Waals surface area contributed by atoms with Crippen LogP contribution in [-0.4, -0.2) is 11.9 Å². The highest BCUT2D eigenvalue weighted by atomic mass is 35.5. The van der Waals surface area contributed by atoms with E-state index >= 15 is 0 Å². The highest BCUT2D eigenvalue weighted by molar-refractivity contribution is 6.20. The quantitative estimate of drug-likeness (QED) is 0.796. The van der Waals surface area contributed by atoms with Crippen LogP contribution < -0.4 is 5.32 Å². The zero-order valence-electron chi connectivity index (χ0n) is 11.0. The average molecular weight is 262 g/mol. The summed E-state index contributed by atoms with van der Waals surface area (Å²) in [6.45, 7) is 6.02. The fraction of sp³-hybridized carbons (Fsp3) is 0.375. The van der Waals surface area contributed by atoms with Gasteiger partial charge in [-0.3, -0.25) is 0 Å². The van der Waals surface area contributed by atoms with E-state index in [9.17, 15) is 0 Å². The Hall–Kier alpha value is -1.05. The SMILES string of the molecule is CC(C)C(Cl)CNCc1cccc2ccccc12. The Morgan fingerprint density at radius 3 is 2.56 bits per heavy atom. The van der Waals surface area contributed by atoms with Gasteiger partial charge in [0.25, 0.3) is 0 Å². The molecule has 2 heteroatoms. The van der Waals surface area contributed by atoms with Crippen molar-refractivity contribution in [2.75, 3.05) is 6.54 Å². The molecular formula is C16H20ClN. The second-order valence-corrected chi connectivity index (χ2v) is 5.59. The van der Waals surface area contributed by atoms with E-state index < -0.39 is 0 Å². The molecule has 1 unspecified atom stereocenters. The predicted molar refractivity (Wildman–Crippen MR) is 80.1 cm³/mol. The molecule has 0 amide bonds. The highest BCUT2D eigenvalue weighted by Gasteiger charge is 2.08. The maximum atomic E-state index is 6.24. The molecule has 0 spiro atoms. The minimum atomic E-state index is 0.194. The Labute approximate surface area is 114 Å². The first-order chi connectivity index (χ1) is 8.68. The molecule has 2 aromatic carbocycles. The zero-order valence-corrected chi connectivity index (χ0v) is 11.7. The van der Waals surface area contributed by atoms with Gasteiger partial charge in [-0.25, -0.2) is 0 Å². The molecule has 96 valence electrons. The second kappa shape index (κ2) is 6.21. The standard InChI is InChI=1S/C16H20ClN/c1-12(2)16(17)11-18-10-14-8-5-7-13-6-3-4-9-15(13)14/h3-9,12,16,18H,10-11H2,1-2H3. The van der Waals surface area contributed by atoms with Crippen molar-refractivity contribution >= 4 is 22.4 Å². The van der Waals surface area contributed by atoms with Gasteiger partial charge >= 0.3 is 0 Å². The van der Waals surface area contributed by atoms with Crippen LogP contribution in [0.25, 0.3) is 10.8 Å². The number of nitrogens with one attached hydrogen (secondary N) is 1. The van der Waals surface area contributed by atoms with Crippen molar-refractivity contribution in [3.05, 3.63) is 48.0 Å². The van der Waals surface area contributed by atoms with Crippen LogP contribution in [0.15, 0.2) is 42.5 Å². The molecule has 1 nitrogen and oxygen atoms in total. The van der Waals surface area contributed by atoms with Gasteiger partial charge in [0.1, 0.15) is 0 Å². The van der Waals surface area contributed by atoms with Crippen LogP contribution in [0.5, 0.6) is 0 Å². The molecule has 0 saturated carbocycles. The third kappa shape index (κ3) is 3.24. The Morgan fingerprint density at radius 2 is 1.78 bits per heavy atom. The van der Waals surface area contributed by atoms with Gasteiger partial charge in [0, 0.05) is 18.5 Å². The molecule has 0 saturated heterocycles. The van der Waals surface area contributed by atoms with E-state index in [0.29, 0.717) is 5.92 Å². The molecule has 0 bridgehead atoms. The predicted octanol–water partition coefficient (Wildman–Crippen LogP) is 4.19. The molecule has 0 radical (unpaired) electrons. The van der Waals surface area contributed by atoms with Crippen LogP contribution >= 0.6 is 11.6 Å². The van der Waals surface area contributed by atoms with Crippen molar-refractivity contribution in [2.45, 2.75) is 25.8 Å². The van der Waals surface area contributed by atoms with Crippen LogP contribution in [0.1, 0.15) is 19.4 Å². The largest absolute Gasteiger partial charge is 0.311 e. The van der Waals surface area contributed by atoms with Crippen molar-refractivity contribution in [1.29, 1.82) is 0 Å². The molecule has 0 aromatic heterocycles. The fourth-order valence-corrected chi connectivity index (χ4v) is 2.14. The first-order valence-corrected chi connectivity index (χ1v) is 6.93. The van der Waals surface area contributed by atoms with Crippen LogP contribution in [0.4, 0.5) is 0 Å². The molecular weight excluding hydrogens is 242 g/mol. The number of fused-ring (bicyclic) bond motifs is 1. The molecule has 0 fully saturated rings. The summed E-state index contributed by atoms with van der Waals surface area (Å²) in [4.78, 5) is 0. The van der Waals surface area contributed by atoms with E-state index in [0.717, 1.165) is 13.1 Å². The third-order valence-electron chi connectivity index (χ3n) is 3.26. The number of rotatable bonds is 5. The second-order valence-electron chi connectivity index (χ2n) is 5.03. The topological polar surface area (TPSA) is 12.0 Å². The van der Waals surface area contributed by atoms with E-state index in [1.165, 1.54) is 16.3 Å². The Balaban J connectivity index is 2.04. The van der Waals surface area contributed by atoms with Crippen LogP contribution in [-0.2, 0) is 6.54 Å². The summed E-state index contributed by atoms with van der Waals surface area (Å²) >= 11 is 6.24. The first-order valence-electron chi connectivity index (χ1n) is 6.50. The van der Waals surface area contributed by atoms with E-state index in [1.54, 1.807) is 0 Å². The van der Waals surface area contributed by atoms with E-state index in [4.69, 9.17) is 11.6 Å². The first kappa shape index (κ1) is 13.4. The molecule has 2 aromatic rings. The van der Waals surface area contributed by atoms with Gasteiger partial charge in [0.05, 0.1) is 0 Å². The van der Waals surface area contributed by atoms with Gasteiger partial charge in [-0.1, -0.05) is 56.3 Å². The number of hydrogen-bond donors (Lipinski definition) is 1. The van der Waals surface area contributed by atoms with Gasteiger partial charge in [-0.05, 0) is 22.3 Å². The molecule has 2 rings (SSSR count). The van der Waals surface area contributed by atoms with Crippen LogP contribution in [0.3, 0.4) is 0 Å². The molecule has 1 atom stereocenters. The normalized spacial score (nSPS) is 13.1. The van der Waals surface area contributed by atoms with Crippen LogP contribution in [0, 0.1) is 5.92 Å². The molecule has 0 heterocycles. The Bertz CT molecular complexity index is 502. The molecule has 1 N–H and O–H groups in total. The minimum absolute atomic E-state index is 0.194. The van der Waals surface area contributed by atoms with E-state index in [1.807, 2.05) is 0 Å². The third-order valence-corrected chi connectivity index (χ3v) is 3.92. The molecule has 0 aliphatic carbocycles. The maximum absolute atomic E-state index is 6.24.